The van der Waals surface area contributed by atoms with Gasteiger partial charge in [-0.05, 0) is 36.8 Å². The fourth-order valence-electron chi connectivity index (χ4n) is 1.64. The van der Waals surface area contributed by atoms with Crippen LogP contribution in [0.3, 0.4) is 0 Å². The maximum Gasteiger partial charge on any atom is 0.115 e. The number of phenolic OH excluding ortho intramolecular Hbond substituents is 1. The van der Waals surface area contributed by atoms with Gasteiger partial charge in [0.25, 0.3) is 0 Å². The molecule has 2 aromatic rings. The number of rotatable bonds is 3. The van der Waals surface area contributed by atoms with Gasteiger partial charge in [-0.3, -0.25) is 0 Å². The zero-order valence-corrected chi connectivity index (χ0v) is 9.87. The molecule has 1 aromatic carbocycles. The Hall–Kier alpha value is -1.32. The lowest BCUT2D eigenvalue weighted by molar-refractivity contribution is 0.182. The predicted octanol–water partition coefficient (Wildman–Crippen LogP) is 3.04. The second-order valence-electron chi connectivity index (χ2n) is 3.84. The van der Waals surface area contributed by atoms with E-state index in [1.807, 2.05) is 25.1 Å². The molecule has 0 saturated carbocycles. The Bertz CT molecular complexity index is 476. The number of phenols is 1. The van der Waals surface area contributed by atoms with Gasteiger partial charge in [0.2, 0.25) is 0 Å². The van der Waals surface area contributed by atoms with Gasteiger partial charge in [0.1, 0.15) is 5.75 Å². The SMILES string of the molecule is Cc1ccc(C(O)Cc2cccc(O)c2)s1. The van der Waals surface area contributed by atoms with E-state index in [1.165, 1.54) is 4.88 Å². The highest BCUT2D eigenvalue weighted by Gasteiger charge is 2.10. The second kappa shape index (κ2) is 4.68. The van der Waals surface area contributed by atoms with E-state index in [2.05, 4.69) is 0 Å². The van der Waals surface area contributed by atoms with Crippen molar-refractivity contribution in [2.24, 2.45) is 0 Å². The molecule has 16 heavy (non-hydrogen) atoms. The highest BCUT2D eigenvalue weighted by Crippen LogP contribution is 2.26. The fraction of sp³-hybridized carbons (Fsp3) is 0.231. The van der Waals surface area contributed by atoms with Gasteiger partial charge in [0, 0.05) is 16.2 Å². The molecule has 1 unspecified atom stereocenters. The minimum atomic E-state index is -0.486. The Morgan fingerprint density at radius 2 is 2.06 bits per heavy atom. The highest BCUT2D eigenvalue weighted by molar-refractivity contribution is 7.12. The molecular weight excluding hydrogens is 220 g/mol. The molecule has 84 valence electrons. The first-order valence-electron chi connectivity index (χ1n) is 5.17. The molecule has 3 heteroatoms. The van der Waals surface area contributed by atoms with Crippen molar-refractivity contribution < 1.29 is 10.2 Å². The number of benzene rings is 1. The molecule has 2 N–H and O–H groups in total. The number of aliphatic hydroxyl groups is 1. The molecule has 0 spiro atoms. The van der Waals surface area contributed by atoms with Gasteiger partial charge in [-0.15, -0.1) is 11.3 Å². The molecule has 0 radical (unpaired) electrons. The van der Waals surface area contributed by atoms with E-state index >= 15 is 0 Å². The minimum Gasteiger partial charge on any atom is -0.508 e. The largest absolute Gasteiger partial charge is 0.508 e. The zero-order valence-electron chi connectivity index (χ0n) is 9.05. The van der Waals surface area contributed by atoms with Gasteiger partial charge in [-0.25, -0.2) is 0 Å². The van der Waals surface area contributed by atoms with Crippen molar-refractivity contribution in [3.05, 3.63) is 51.7 Å². The first kappa shape index (κ1) is 11.2. The highest BCUT2D eigenvalue weighted by atomic mass is 32.1. The topological polar surface area (TPSA) is 40.5 Å². The number of aryl methyl sites for hydroxylation is 1. The van der Waals surface area contributed by atoms with Crippen LogP contribution in [0.5, 0.6) is 5.75 Å². The van der Waals surface area contributed by atoms with Gasteiger partial charge in [-0.2, -0.15) is 0 Å². The molecule has 2 rings (SSSR count). The van der Waals surface area contributed by atoms with Gasteiger partial charge in [-0.1, -0.05) is 12.1 Å². The summed E-state index contributed by atoms with van der Waals surface area (Å²) < 4.78 is 0. The Morgan fingerprint density at radius 3 is 2.69 bits per heavy atom. The van der Waals surface area contributed by atoms with Crippen molar-refractivity contribution in [2.45, 2.75) is 19.4 Å². The number of aromatic hydroxyl groups is 1. The molecular formula is C13H14O2S. The Kier molecular flexibility index (Phi) is 3.27. The molecule has 1 atom stereocenters. The van der Waals surface area contributed by atoms with Crippen LogP contribution in [0, 0.1) is 6.92 Å². The summed E-state index contributed by atoms with van der Waals surface area (Å²) in [6, 6.07) is 11.0. The van der Waals surface area contributed by atoms with Crippen LogP contribution in [-0.2, 0) is 6.42 Å². The van der Waals surface area contributed by atoms with Crippen LogP contribution in [0.1, 0.15) is 21.4 Å². The lowest BCUT2D eigenvalue weighted by atomic mass is 10.1. The van der Waals surface area contributed by atoms with Crippen LogP contribution in [0.4, 0.5) is 0 Å². The summed E-state index contributed by atoms with van der Waals surface area (Å²) in [6.45, 7) is 2.02. The molecule has 0 bridgehead atoms. The third-order valence-electron chi connectivity index (χ3n) is 2.43. The average Bonchev–Trinajstić information content (AvgIpc) is 2.65. The van der Waals surface area contributed by atoms with Crippen molar-refractivity contribution in [1.82, 2.24) is 0 Å². The van der Waals surface area contributed by atoms with Crippen LogP contribution < -0.4 is 0 Å². The van der Waals surface area contributed by atoms with Gasteiger partial charge in [0.05, 0.1) is 6.10 Å². The number of thiophene rings is 1. The van der Waals surface area contributed by atoms with Crippen molar-refractivity contribution in [1.29, 1.82) is 0 Å². The Balaban J connectivity index is 2.10. The number of hydrogen-bond acceptors (Lipinski definition) is 3. The molecule has 0 aliphatic carbocycles. The van der Waals surface area contributed by atoms with Gasteiger partial charge >= 0.3 is 0 Å². The molecule has 2 nitrogen and oxygen atoms in total. The number of hydrogen-bond donors (Lipinski definition) is 2. The van der Waals surface area contributed by atoms with Crippen molar-refractivity contribution in [2.75, 3.05) is 0 Å². The summed E-state index contributed by atoms with van der Waals surface area (Å²) in [7, 11) is 0. The second-order valence-corrected chi connectivity index (χ2v) is 5.16. The standard InChI is InChI=1S/C13H14O2S/c1-9-5-6-13(16-9)12(15)8-10-3-2-4-11(14)7-10/h2-7,12,14-15H,8H2,1H3. The smallest absolute Gasteiger partial charge is 0.115 e. The monoisotopic (exact) mass is 234 g/mol. The van der Waals surface area contributed by atoms with Crippen molar-refractivity contribution in [3.63, 3.8) is 0 Å². The van der Waals surface area contributed by atoms with E-state index in [-0.39, 0.29) is 5.75 Å². The van der Waals surface area contributed by atoms with Crippen molar-refractivity contribution >= 4 is 11.3 Å². The van der Waals surface area contributed by atoms with E-state index in [1.54, 1.807) is 29.5 Å². The van der Waals surface area contributed by atoms with E-state index < -0.39 is 6.10 Å². The van der Waals surface area contributed by atoms with Crippen LogP contribution in [0.2, 0.25) is 0 Å². The first-order chi connectivity index (χ1) is 7.65. The molecule has 0 saturated heterocycles. The predicted molar refractivity (Wildman–Crippen MR) is 65.8 cm³/mol. The number of aliphatic hydroxyl groups excluding tert-OH is 1. The van der Waals surface area contributed by atoms with E-state index in [0.29, 0.717) is 6.42 Å². The lowest BCUT2D eigenvalue weighted by Crippen LogP contribution is -1.99. The quantitative estimate of drug-likeness (QED) is 0.857. The summed E-state index contributed by atoms with van der Waals surface area (Å²) in [5.41, 5.74) is 0.943. The first-order valence-corrected chi connectivity index (χ1v) is 5.99. The van der Waals surface area contributed by atoms with Crippen LogP contribution in [0.15, 0.2) is 36.4 Å². The minimum absolute atomic E-state index is 0.243. The zero-order chi connectivity index (χ0) is 11.5. The third kappa shape index (κ3) is 2.62. The molecule has 0 aliphatic heterocycles. The summed E-state index contributed by atoms with van der Waals surface area (Å²) in [5, 5.41) is 19.3. The summed E-state index contributed by atoms with van der Waals surface area (Å²) in [5.74, 6) is 0.243. The Labute approximate surface area is 98.8 Å². The molecule has 1 heterocycles. The van der Waals surface area contributed by atoms with E-state index in [0.717, 1.165) is 10.4 Å². The van der Waals surface area contributed by atoms with Gasteiger partial charge < -0.3 is 10.2 Å². The molecule has 1 aromatic heterocycles. The van der Waals surface area contributed by atoms with Crippen LogP contribution in [-0.4, -0.2) is 10.2 Å². The maximum atomic E-state index is 10.0. The van der Waals surface area contributed by atoms with Crippen LogP contribution in [0.25, 0.3) is 0 Å². The van der Waals surface area contributed by atoms with Gasteiger partial charge in [0.15, 0.2) is 0 Å². The average molecular weight is 234 g/mol. The van der Waals surface area contributed by atoms with Crippen LogP contribution >= 0.6 is 11.3 Å². The van der Waals surface area contributed by atoms with E-state index in [4.69, 9.17) is 0 Å². The molecule has 0 fully saturated rings. The lowest BCUT2D eigenvalue weighted by Gasteiger charge is -2.08. The molecule has 0 aliphatic rings. The molecule has 0 amide bonds. The maximum absolute atomic E-state index is 10.0. The summed E-state index contributed by atoms with van der Waals surface area (Å²) in [6.07, 6.45) is 0.0504. The normalized spacial score (nSPS) is 12.6. The van der Waals surface area contributed by atoms with E-state index in [9.17, 15) is 10.2 Å². The summed E-state index contributed by atoms with van der Waals surface area (Å²) in [4.78, 5) is 2.17. The summed E-state index contributed by atoms with van der Waals surface area (Å²) >= 11 is 1.61. The fourth-order valence-corrected chi connectivity index (χ4v) is 2.50. The Morgan fingerprint density at radius 1 is 1.25 bits per heavy atom. The van der Waals surface area contributed by atoms with Crippen molar-refractivity contribution in [3.8, 4) is 5.75 Å². The third-order valence-corrected chi connectivity index (χ3v) is 3.53.